The zero-order valence-corrected chi connectivity index (χ0v) is 22.7. The van der Waals surface area contributed by atoms with Gasteiger partial charge in [0.1, 0.15) is 35.5 Å². The van der Waals surface area contributed by atoms with Crippen LogP contribution in [0.4, 0.5) is 0 Å². The third-order valence-electron chi connectivity index (χ3n) is 6.75. The van der Waals surface area contributed by atoms with E-state index < -0.39 is 11.2 Å². The maximum absolute atomic E-state index is 12.8. The Hall–Kier alpha value is -4.54. The van der Waals surface area contributed by atoms with Crippen LogP contribution in [0.15, 0.2) is 45.0 Å². The predicted molar refractivity (Wildman–Crippen MR) is 137 cm³/mol. The first kappa shape index (κ1) is 29.7. The largest absolute Gasteiger partial charge is 0.480 e. The smallest absolute Gasteiger partial charge is 0.255 e. The predicted octanol–water partition coefficient (Wildman–Crippen LogP) is 3.63. The van der Waals surface area contributed by atoms with Gasteiger partial charge < -0.3 is 20.1 Å². The highest BCUT2D eigenvalue weighted by Gasteiger charge is 2.41. The number of nitriles is 4. The van der Waals surface area contributed by atoms with Crippen LogP contribution in [0.2, 0.25) is 0 Å². The summed E-state index contributed by atoms with van der Waals surface area (Å²) < 4.78 is 11.5. The molecule has 0 aromatic heterocycles. The van der Waals surface area contributed by atoms with Gasteiger partial charge in [-0.3, -0.25) is 9.59 Å². The van der Waals surface area contributed by atoms with Crippen molar-refractivity contribution in [2.75, 3.05) is 13.1 Å². The van der Waals surface area contributed by atoms with Crippen LogP contribution in [0.25, 0.3) is 0 Å². The summed E-state index contributed by atoms with van der Waals surface area (Å²) in [7, 11) is 0. The Labute approximate surface area is 223 Å². The average Bonchev–Trinajstić information content (AvgIpc) is 3.24. The van der Waals surface area contributed by atoms with Gasteiger partial charge in [0.05, 0.1) is 11.1 Å². The van der Waals surface area contributed by atoms with Crippen LogP contribution in [-0.4, -0.2) is 36.1 Å². The summed E-state index contributed by atoms with van der Waals surface area (Å²) in [5.74, 6) is -0.744. The number of hydrogen-bond acceptors (Lipinski definition) is 8. The molecule has 0 bridgehead atoms. The fraction of sp³-hybridized carbons (Fsp3) is 0.500. The lowest BCUT2D eigenvalue weighted by atomic mass is 9.96. The van der Waals surface area contributed by atoms with Gasteiger partial charge in [0.15, 0.2) is 22.7 Å². The minimum atomic E-state index is -0.790. The second-order valence-electron chi connectivity index (χ2n) is 10.0. The molecule has 0 radical (unpaired) electrons. The maximum atomic E-state index is 12.8. The van der Waals surface area contributed by atoms with Gasteiger partial charge in [0.25, 0.3) is 11.8 Å². The summed E-state index contributed by atoms with van der Waals surface area (Å²) in [6.07, 6.45) is 3.00. The van der Waals surface area contributed by atoms with Gasteiger partial charge in [-0.1, -0.05) is 12.8 Å². The number of unbranched alkanes of at least 4 members (excludes halogenated alkanes) is 3. The molecule has 2 heterocycles. The van der Waals surface area contributed by atoms with E-state index in [9.17, 15) is 30.6 Å². The molecule has 198 valence electrons. The van der Waals surface area contributed by atoms with Gasteiger partial charge in [-0.2, -0.15) is 21.0 Å². The van der Waals surface area contributed by atoms with Crippen molar-refractivity contribution in [2.24, 2.45) is 0 Å². The molecule has 0 aromatic rings. The van der Waals surface area contributed by atoms with Gasteiger partial charge in [-0.25, -0.2) is 0 Å². The van der Waals surface area contributed by atoms with Crippen molar-refractivity contribution in [1.82, 2.24) is 10.6 Å². The van der Waals surface area contributed by atoms with Crippen molar-refractivity contribution >= 4 is 11.8 Å². The number of nitrogens with one attached hydrogen (secondary N) is 2. The van der Waals surface area contributed by atoms with E-state index in [-0.39, 0.29) is 45.6 Å². The molecule has 2 aliphatic heterocycles. The van der Waals surface area contributed by atoms with Crippen molar-refractivity contribution in [2.45, 2.75) is 78.4 Å². The lowest BCUT2D eigenvalue weighted by Gasteiger charge is -2.20. The SMILES string of the molecule is CC1=C(C(=O)NCCCCCCNC(=O)C2=C(C)C(C)(C)OC2=C(C#N)C#N)C(=C(C#N)C#N)OC1(C)C. The van der Waals surface area contributed by atoms with E-state index in [1.54, 1.807) is 65.8 Å². The topological polar surface area (TPSA) is 172 Å². The first-order valence-electron chi connectivity index (χ1n) is 12.3. The van der Waals surface area contributed by atoms with Gasteiger partial charge in [-0.15, -0.1) is 0 Å². The van der Waals surface area contributed by atoms with Crippen molar-refractivity contribution in [3.05, 3.63) is 45.0 Å². The zero-order valence-electron chi connectivity index (χ0n) is 22.7. The van der Waals surface area contributed by atoms with Crippen LogP contribution < -0.4 is 10.6 Å². The highest BCUT2D eigenvalue weighted by molar-refractivity contribution is 6.00. The molecule has 10 nitrogen and oxygen atoms in total. The van der Waals surface area contributed by atoms with E-state index >= 15 is 0 Å². The van der Waals surface area contributed by atoms with E-state index in [0.717, 1.165) is 12.8 Å². The van der Waals surface area contributed by atoms with Crippen LogP contribution in [0.3, 0.4) is 0 Å². The van der Waals surface area contributed by atoms with Crippen molar-refractivity contribution < 1.29 is 19.1 Å². The molecule has 2 N–H and O–H groups in total. The number of carbonyl (C=O) groups excluding carboxylic acids is 2. The quantitative estimate of drug-likeness (QED) is 0.345. The highest BCUT2D eigenvalue weighted by Crippen LogP contribution is 2.40. The second kappa shape index (κ2) is 12.1. The molecule has 10 heteroatoms. The van der Waals surface area contributed by atoms with Crippen molar-refractivity contribution in [3.63, 3.8) is 0 Å². The normalized spacial score (nSPS) is 16.9. The molecule has 0 fully saturated rings. The fourth-order valence-corrected chi connectivity index (χ4v) is 4.04. The summed E-state index contributed by atoms with van der Waals surface area (Å²) in [5, 5.41) is 42.6. The van der Waals surface area contributed by atoms with Gasteiger partial charge in [-0.05, 0) is 65.5 Å². The monoisotopic (exact) mass is 516 g/mol. The van der Waals surface area contributed by atoms with Crippen LogP contribution in [-0.2, 0) is 19.1 Å². The Kier molecular flexibility index (Phi) is 9.48. The van der Waals surface area contributed by atoms with Gasteiger partial charge >= 0.3 is 0 Å². The first-order valence-corrected chi connectivity index (χ1v) is 12.3. The Morgan fingerprint density at radius 2 is 0.974 bits per heavy atom. The number of amides is 2. The third-order valence-corrected chi connectivity index (χ3v) is 6.75. The number of nitrogens with zero attached hydrogens (tertiary/aromatic N) is 4. The first-order chi connectivity index (χ1) is 17.9. The molecule has 2 rings (SSSR count). The van der Waals surface area contributed by atoms with Crippen LogP contribution in [0, 0.1) is 45.3 Å². The summed E-state index contributed by atoms with van der Waals surface area (Å²) >= 11 is 0. The van der Waals surface area contributed by atoms with Crippen LogP contribution in [0.5, 0.6) is 0 Å². The Bertz CT molecular complexity index is 1180. The molecule has 0 spiro atoms. The number of allylic oxidation sites excluding steroid dienone is 2. The molecule has 2 aliphatic rings. The lowest BCUT2D eigenvalue weighted by Crippen LogP contribution is -2.28. The minimum Gasteiger partial charge on any atom is -0.480 e. The maximum Gasteiger partial charge on any atom is 0.255 e. The van der Waals surface area contributed by atoms with E-state index in [4.69, 9.17) is 9.47 Å². The van der Waals surface area contributed by atoms with Crippen LogP contribution in [0.1, 0.15) is 67.2 Å². The van der Waals surface area contributed by atoms with Crippen LogP contribution >= 0.6 is 0 Å². The number of carbonyl (C=O) groups is 2. The molecule has 0 unspecified atom stereocenters. The molecule has 0 aliphatic carbocycles. The number of hydrogen-bond donors (Lipinski definition) is 2. The number of rotatable bonds is 9. The standard InChI is InChI=1S/C28H32N6O4/c1-17-21(23(19(13-29)14-30)37-27(17,3)4)25(35)33-11-9-7-8-10-12-34-26(36)22-18(2)28(5,6)38-24(22)20(15-31)16-32/h7-12H2,1-6H3,(H,33,35)(H,34,36). The van der Waals surface area contributed by atoms with Gasteiger partial charge in [0.2, 0.25) is 0 Å². The van der Waals surface area contributed by atoms with Crippen molar-refractivity contribution in [1.29, 1.82) is 21.0 Å². The molecule has 0 atom stereocenters. The second-order valence-corrected chi connectivity index (χ2v) is 10.0. The molecule has 0 saturated carbocycles. The van der Waals surface area contributed by atoms with Gasteiger partial charge in [0, 0.05) is 13.1 Å². The molecule has 2 amide bonds. The molecule has 0 aromatic carbocycles. The Balaban J connectivity index is 1.84. The molecular weight excluding hydrogens is 484 g/mol. The van der Waals surface area contributed by atoms with E-state index in [2.05, 4.69) is 10.6 Å². The third kappa shape index (κ3) is 6.23. The molecule has 38 heavy (non-hydrogen) atoms. The average molecular weight is 517 g/mol. The molecular formula is C28H32N6O4. The summed E-state index contributed by atoms with van der Waals surface area (Å²) in [6, 6.07) is 7.15. The highest BCUT2D eigenvalue weighted by atomic mass is 16.5. The fourth-order valence-electron chi connectivity index (χ4n) is 4.04. The molecule has 0 saturated heterocycles. The number of ether oxygens (including phenoxy) is 2. The van der Waals surface area contributed by atoms with E-state index in [0.29, 0.717) is 37.1 Å². The Morgan fingerprint density at radius 3 is 1.26 bits per heavy atom. The zero-order chi connectivity index (χ0) is 28.7. The summed E-state index contributed by atoms with van der Waals surface area (Å²) in [5.41, 5.74) is -0.296. The lowest BCUT2D eigenvalue weighted by molar-refractivity contribution is -0.118. The van der Waals surface area contributed by atoms with E-state index in [1.165, 1.54) is 0 Å². The summed E-state index contributed by atoms with van der Waals surface area (Å²) in [4.78, 5) is 25.6. The minimum absolute atomic E-state index is 0.0156. The van der Waals surface area contributed by atoms with Crippen molar-refractivity contribution in [3.8, 4) is 24.3 Å². The van der Waals surface area contributed by atoms with E-state index in [1.807, 2.05) is 0 Å². The summed E-state index contributed by atoms with van der Waals surface area (Å²) in [6.45, 7) is 11.4. The Morgan fingerprint density at radius 1 is 0.658 bits per heavy atom.